The van der Waals surface area contributed by atoms with Crippen LogP contribution in [0.1, 0.15) is 27.7 Å². The summed E-state index contributed by atoms with van der Waals surface area (Å²) in [6, 6.07) is 0. The van der Waals surface area contributed by atoms with Crippen molar-refractivity contribution in [2.24, 2.45) is 0 Å². The molecule has 12 heavy (non-hydrogen) atoms. The molecule has 0 radical (unpaired) electrons. The summed E-state index contributed by atoms with van der Waals surface area (Å²) in [5.41, 5.74) is 0.489. The molecule has 0 aromatic rings. The minimum absolute atomic E-state index is 0.194. The molecule has 0 amide bonds. The van der Waals surface area contributed by atoms with Crippen molar-refractivity contribution in [2.45, 2.75) is 46.4 Å². The van der Waals surface area contributed by atoms with Crippen molar-refractivity contribution < 1.29 is 8.85 Å². The summed E-state index contributed by atoms with van der Waals surface area (Å²) in [5, 5.41) is 0. The van der Waals surface area contributed by atoms with Crippen molar-refractivity contribution >= 4 is 20.2 Å². The lowest BCUT2D eigenvalue weighted by Crippen LogP contribution is -2.45. The highest BCUT2D eigenvalue weighted by Crippen LogP contribution is 2.14. The lowest BCUT2D eigenvalue weighted by molar-refractivity contribution is 0.113. The fourth-order valence-corrected chi connectivity index (χ4v) is 3.64. The van der Waals surface area contributed by atoms with Crippen LogP contribution in [0.5, 0.6) is 0 Å². The molecule has 4 heteroatoms. The van der Waals surface area contributed by atoms with Gasteiger partial charge in [-0.1, -0.05) is 0 Å². The van der Waals surface area contributed by atoms with Gasteiger partial charge in [-0.15, -0.1) is 11.6 Å². The van der Waals surface area contributed by atoms with Crippen LogP contribution in [0.15, 0.2) is 0 Å². The Hall–Kier alpha value is 0.427. The molecule has 74 valence electrons. The Labute approximate surface area is 81.5 Å². The van der Waals surface area contributed by atoms with E-state index >= 15 is 0 Å². The van der Waals surface area contributed by atoms with Gasteiger partial charge in [0.05, 0.1) is 5.50 Å². The average Bonchev–Trinajstić information content (AvgIpc) is 1.83. The van der Waals surface area contributed by atoms with E-state index in [4.69, 9.17) is 20.5 Å². The topological polar surface area (TPSA) is 18.5 Å². The van der Waals surface area contributed by atoms with Gasteiger partial charge in [0.15, 0.2) is 0 Å². The lowest BCUT2D eigenvalue weighted by Gasteiger charge is -2.28. The molecule has 0 aliphatic carbocycles. The van der Waals surface area contributed by atoms with Crippen LogP contribution in [0.3, 0.4) is 0 Å². The summed E-state index contributed by atoms with van der Waals surface area (Å²) in [5.74, 6) is 0. The maximum absolute atomic E-state index is 5.81. The Balaban J connectivity index is 4.04. The van der Waals surface area contributed by atoms with E-state index in [1.165, 1.54) is 0 Å². The summed E-state index contributed by atoms with van der Waals surface area (Å²) in [4.78, 5) is 0. The maximum atomic E-state index is 5.81. The molecule has 0 aliphatic heterocycles. The first kappa shape index (κ1) is 12.4. The standard InChI is InChI=1S/C8H19ClO2Si/c1-7(2)10-12(5,6-9)11-8(3)4/h7-8H,6H2,1-5H3. The molecule has 0 aromatic carbocycles. The molecule has 0 fully saturated rings. The van der Waals surface area contributed by atoms with Gasteiger partial charge in [0.25, 0.3) is 0 Å². The van der Waals surface area contributed by atoms with E-state index in [1.54, 1.807) is 0 Å². The molecule has 0 aromatic heterocycles. The van der Waals surface area contributed by atoms with Crippen molar-refractivity contribution in [3.05, 3.63) is 0 Å². The fraction of sp³-hybridized carbons (Fsp3) is 1.00. The molecule has 0 heterocycles. The van der Waals surface area contributed by atoms with Crippen LogP contribution in [0.25, 0.3) is 0 Å². The molecule has 0 unspecified atom stereocenters. The maximum Gasteiger partial charge on any atom is 0.350 e. The van der Waals surface area contributed by atoms with Crippen LogP contribution in [-0.2, 0) is 8.85 Å². The average molecular weight is 211 g/mol. The van der Waals surface area contributed by atoms with Crippen molar-refractivity contribution in [3.8, 4) is 0 Å². The van der Waals surface area contributed by atoms with Crippen molar-refractivity contribution in [1.29, 1.82) is 0 Å². The molecule has 0 saturated heterocycles. The van der Waals surface area contributed by atoms with Gasteiger partial charge in [0.1, 0.15) is 0 Å². The van der Waals surface area contributed by atoms with Gasteiger partial charge in [0.2, 0.25) is 0 Å². The molecule has 0 rings (SSSR count). The van der Waals surface area contributed by atoms with Crippen LogP contribution < -0.4 is 0 Å². The normalized spacial score (nSPS) is 13.0. The Morgan fingerprint density at radius 1 is 1.08 bits per heavy atom. The second kappa shape index (κ2) is 5.22. The van der Waals surface area contributed by atoms with Gasteiger partial charge in [-0.25, -0.2) is 0 Å². The van der Waals surface area contributed by atoms with E-state index in [0.29, 0.717) is 5.50 Å². The predicted molar refractivity (Wildman–Crippen MR) is 54.8 cm³/mol. The molecule has 0 aliphatic rings. The lowest BCUT2D eigenvalue weighted by atomic mass is 10.5. The van der Waals surface area contributed by atoms with E-state index in [-0.39, 0.29) is 12.2 Å². The molecule has 0 spiro atoms. The Bertz CT molecular complexity index is 118. The summed E-state index contributed by atoms with van der Waals surface area (Å²) < 4.78 is 11.4. The van der Waals surface area contributed by atoms with Crippen LogP contribution in [0, 0.1) is 0 Å². The second-order valence-electron chi connectivity index (χ2n) is 3.60. The van der Waals surface area contributed by atoms with E-state index in [0.717, 1.165) is 0 Å². The van der Waals surface area contributed by atoms with Crippen LogP contribution in [-0.4, -0.2) is 26.3 Å². The Kier molecular flexibility index (Phi) is 5.41. The summed E-state index contributed by atoms with van der Waals surface area (Å²) in [7, 11) is -2.08. The molecule has 0 atom stereocenters. The van der Waals surface area contributed by atoms with Crippen molar-refractivity contribution in [3.63, 3.8) is 0 Å². The van der Waals surface area contributed by atoms with Crippen LogP contribution in [0.2, 0.25) is 6.55 Å². The van der Waals surface area contributed by atoms with Crippen LogP contribution >= 0.6 is 11.6 Å². The molecular weight excluding hydrogens is 192 g/mol. The van der Waals surface area contributed by atoms with Gasteiger partial charge in [-0.3, -0.25) is 0 Å². The van der Waals surface area contributed by atoms with Crippen molar-refractivity contribution in [1.82, 2.24) is 0 Å². The molecule has 0 N–H and O–H groups in total. The first-order chi connectivity index (χ1) is 5.39. The number of alkyl halides is 1. The van der Waals surface area contributed by atoms with Gasteiger partial charge < -0.3 is 8.85 Å². The molecular formula is C8H19ClO2Si. The predicted octanol–water partition coefficient (Wildman–Crippen LogP) is 2.69. The third-order valence-electron chi connectivity index (χ3n) is 1.21. The molecule has 0 saturated carbocycles. The minimum atomic E-state index is -2.08. The SMILES string of the molecule is CC(C)O[Si](C)(CCl)OC(C)C. The number of rotatable bonds is 5. The second-order valence-corrected chi connectivity index (χ2v) is 7.41. The number of hydrogen-bond donors (Lipinski definition) is 0. The zero-order valence-corrected chi connectivity index (χ0v) is 10.3. The Morgan fingerprint density at radius 3 is 1.58 bits per heavy atom. The van der Waals surface area contributed by atoms with Crippen molar-refractivity contribution in [2.75, 3.05) is 5.50 Å². The van der Waals surface area contributed by atoms with E-state index < -0.39 is 8.56 Å². The van der Waals surface area contributed by atoms with E-state index in [2.05, 4.69) is 0 Å². The molecule has 0 bridgehead atoms. The van der Waals surface area contributed by atoms with Gasteiger partial charge in [-0.2, -0.15) is 0 Å². The largest absolute Gasteiger partial charge is 0.391 e. The highest BCUT2D eigenvalue weighted by atomic mass is 35.5. The first-order valence-corrected chi connectivity index (χ1v) is 7.37. The minimum Gasteiger partial charge on any atom is -0.391 e. The molecule has 2 nitrogen and oxygen atoms in total. The third kappa shape index (κ3) is 5.14. The van der Waals surface area contributed by atoms with Gasteiger partial charge in [0, 0.05) is 12.2 Å². The smallest absolute Gasteiger partial charge is 0.350 e. The zero-order valence-electron chi connectivity index (χ0n) is 8.56. The fourth-order valence-electron chi connectivity index (χ4n) is 1.09. The summed E-state index contributed by atoms with van der Waals surface area (Å²) in [6.07, 6.45) is 0.387. The van der Waals surface area contributed by atoms with E-state index in [1.807, 2.05) is 34.2 Å². The zero-order chi connectivity index (χ0) is 9.78. The monoisotopic (exact) mass is 210 g/mol. The number of hydrogen-bond acceptors (Lipinski definition) is 2. The van der Waals surface area contributed by atoms with Crippen LogP contribution in [0.4, 0.5) is 0 Å². The number of halogens is 1. The van der Waals surface area contributed by atoms with Gasteiger partial charge >= 0.3 is 8.56 Å². The highest BCUT2D eigenvalue weighted by molar-refractivity contribution is 6.73. The first-order valence-electron chi connectivity index (χ1n) is 4.31. The summed E-state index contributed by atoms with van der Waals surface area (Å²) >= 11 is 5.81. The Morgan fingerprint density at radius 2 is 1.42 bits per heavy atom. The van der Waals surface area contributed by atoms with E-state index in [9.17, 15) is 0 Å². The van der Waals surface area contributed by atoms with Gasteiger partial charge in [-0.05, 0) is 34.2 Å². The summed E-state index contributed by atoms with van der Waals surface area (Å²) in [6.45, 7) is 10.0. The quantitative estimate of drug-likeness (QED) is 0.513. The third-order valence-corrected chi connectivity index (χ3v) is 5.09. The highest BCUT2D eigenvalue weighted by Gasteiger charge is 2.32.